The highest BCUT2D eigenvalue weighted by Gasteiger charge is 2.36. The first-order valence-corrected chi connectivity index (χ1v) is 24.3. The van der Waals surface area contributed by atoms with Crippen molar-refractivity contribution in [3.63, 3.8) is 0 Å². The Balaban J connectivity index is 1.26. The molecule has 17 heteroatoms. The molecule has 4 aromatic rings. The maximum Gasteiger partial charge on any atom is 0.243 e. The summed E-state index contributed by atoms with van der Waals surface area (Å²) in [5, 5.41) is 2.25. The standard InChI is InChI=1S/C40H51N3O11S3/c44-55(45,41-14-22-50-23-15-41)36-28-35(54-21-7-6-20-53-30-8-4-2-1-3-5-9-30)31-10-11-33-37(56(46,47)42-16-24-51-25-17-42)29-38(34-13-12-32(36)39(31)40(33)34)57(48,49)43-18-26-52-27-19-43/h4,8,10-13,28-30H,1-3,5-7,9,14-27H2/b8-4-. The summed E-state index contributed by atoms with van der Waals surface area (Å²) in [5.41, 5.74) is 0. The minimum Gasteiger partial charge on any atom is -0.493 e. The molecule has 0 spiro atoms. The Morgan fingerprint density at radius 3 is 1.54 bits per heavy atom. The van der Waals surface area contributed by atoms with Crippen LogP contribution in [-0.2, 0) is 49.0 Å². The van der Waals surface area contributed by atoms with E-state index in [1.54, 1.807) is 30.3 Å². The fraction of sp³-hybridized carbons (Fsp3) is 0.550. The van der Waals surface area contributed by atoms with Gasteiger partial charge in [-0.05, 0) is 44.2 Å². The molecule has 0 radical (unpaired) electrons. The van der Waals surface area contributed by atoms with E-state index < -0.39 is 30.1 Å². The molecule has 4 aliphatic rings. The Hall–Kier alpha value is -2.97. The molecule has 1 aliphatic carbocycles. The SMILES string of the molecule is O=S(=O)(c1cc(OCCCCOC2/C=C\CCCCC2)c2ccc3c(S(=O)(=O)N4CCOCC4)cc(S(=O)(=O)N4CCOCC4)c4ccc1c2c34)N1CCOCC1. The molecule has 57 heavy (non-hydrogen) atoms. The average Bonchev–Trinajstić information content (AvgIpc) is 3.22. The van der Waals surface area contributed by atoms with Gasteiger partial charge in [0.1, 0.15) is 5.75 Å². The fourth-order valence-corrected chi connectivity index (χ4v) is 13.2. The summed E-state index contributed by atoms with van der Waals surface area (Å²) in [5.74, 6) is 0.312. The van der Waals surface area contributed by atoms with Gasteiger partial charge < -0.3 is 23.7 Å². The summed E-state index contributed by atoms with van der Waals surface area (Å²) in [6.07, 6.45) is 11.5. The molecule has 0 bridgehead atoms. The quantitative estimate of drug-likeness (QED) is 0.104. The molecule has 0 saturated carbocycles. The first kappa shape index (κ1) is 40.8. The topological polar surface area (TPSA) is 158 Å². The van der Waals surface area contributed by atoms with Crippen molar-refractivity contribution in [3.8, 4) is 5.75 Å². The minimum absolute atomic E-state index is 0.000252. The zero-order chi connectivity index (χ0) is 39.6. The molecule has 3 aliphatic heterocycles. The summed E-state index contributed by atoms with van der Waals surface area (Å²) < 4.78 is 120. The molecular formula is C40H51N3O11S3. The smallest absolute Gasteiger partial charge is 0.243 e. The molecular weight excluding hydrogens is 795 g/mol. The van der Waals surface area contributed by atoms with Crippen LogP contribution in [0.15, 0.2) is 63.2 Å². The number of benzene rings is 4. The Morgan fingerprint density at radius 1 is 0.561 bits per heavy atom. The molecule has 0 amide bonds. The fourth-order valence-electron chi connectivity index (χ4n) is 8.29. The number of morpholine rings is 3. The van der Waals surface area contributed by atoms with E-state index in [-0.39, 0.29) is 106 Å². The highest BCUT2D eigenvalue weighted by atomic mass is 32.2. The Morgan fingerprint density at radius 2 is 1.02 bits per heavy atom. The maximum atomic E-state index is 14.5. The zero-order valence-electron chi connectivity index (χ0n) is 32.1. The molecule has 0 aromatic heterocycles. The van der Waals surface area contributed by atoms with Gasteiger partial charge in [-0.2, -0.15) is 12.9 Å². The van der Waals surface area contributed by atoms with Crippen LogP contribution < -0.4 is 4.74 Å². The highest BCUT2D eigenvalue weighted by Crippen LogP contribution is 2.46. The first-order chi connectivity index (χ1) is 27.6. The molecule has 4 aromatic carbocycles. The van der Waals surface area contributed by atoms with Crippen LogP contribution in [0.4, 0.5) is 0 Å². The first-order valence-electron chi connectivity index (χ1n) is 20.0. The number of allylic oxidation sites excluding steroid dienone is 1. The molecule has 3 heterocycles. The number of sulfonamides is 3. The molecule has 3 saturated heterocycles. The predicted molar refractivity (Wildman–Crippen MR) is 216 cm³/mol. The van der Waals surface area contributed by atoms with E-state index in [9.17, 15) is 25.3 Å². The molecule has 8 rings (SSSR count). The minimum atomic E-state index is -4.24. The third-order valence-electron chi connectivity index (χ3n) is 11.3. The second-order valence-corrected chi connectivity index (χ2v) is 20.6. The number of nitrogens with zero attached hydrogens (tertiary/aromatic N) is 3. The normalized spacial score (nSPS) is 22.2. The van der Waals surface area contributed by atoms with E-state index in [1.165, 1.54) is 31.8 Å². The maximum absolute atomic E-state index is 14.5. The van der Waals surface area contributed by atoms with E-state index >= 15 is 0 Å². The van der Waals surface area contributed by atoms with Crippen molar-refractivity contribution < 1.29 is 48.9 Å². The van der Waals surface area contributed by atoms with E-state index in [1.807, 2.05) is 0 Å². The van der Waals surface area contributed by atoms with Crippen LogP contribution in [0.2, 0.25) is 0 Å². The van der Waals surface area contributed by atoms with Crippen LogP contribution in [0.5, 0.6) is 5.75 Å². The van der Waals surface area contributed by atoms with Gasteiger partial charge >= 0.3 is 0 Å². The monoisotopic (exact) mass is 845 g/mol. The number of hydrogen-bond acceptors (Lipinski definition) is 11. The van der Waals surface area contributed by atoms with Gasteiger partial charge in [0.2, 0.25) is 30.1 Å². The lowest BCUT2D eigenvalue weighted by Gasteiger charge is -2.30. The van der Waals surface area contributed by atoms with Crippen molar-refractivity contribution in [2.75, 3.05) is 92.1 Å². The lowest BCUT2D eigenvalue weighted by molar-refractivity contribution is 0.0718. The lowest BCUT2D eigenvalue weighted by Crippen LogP contribution is -2.41. The zero-order valence-corrected chi connectivity index (χ0v) is 34.6. The van der Waals surface area contributed by atoms with Crippen LogP contribution in [-0.4, -0.2) is 136 Å². The van der Waals surface area contributed by atoms with Crippen LogP contribution in [0.3, 0.4) is 0 Å². The van der Waals surface area contributed by atoms with Gasteiger partial charge in [-0.3, -0.25) is 0 Å². The Bertz CT molecular complexity index is 2360. The largest absolute Gasteiger partial charge is 0.493 e. The van der Waals surface area contributed by atoms with Crippen molar-refractivity contribution in [2.45, 2.75) is 65.7 Å². The Labute approximate surface area is 335 Å². The van der Waals surface area contributed by atoms with Crippen LogP contribution in [0.25, 0.3) is 32.3 Å². The van der Waals surface area contributed by atoms with E-state index in [0.29, 0.717) is 51.1 Å². The van der Waals surface area contributed by atoms with Crippen molar-refractivity contribution in [1.82, 2.24) is 12.9 Å². The number of hydrogen-bond donors (Lipinski definition) is 0. The van der Waals surface area contributed by atoms with Gasteiger partial charge in [-0.15, -0.1) is 0 Å². The third-order valence-corrected chi connectivity index (χ3v) is 17.2. The number of unbranched alkanes of at least 4 members (excludes halogenated alkanes) is 1. The average molecular weight is 846 g/mol. The molecule has 310 valence electrons. The summed E-state index contributed by atoms with van der Waals surface area (Å²) >= 11 is 0. The summed E-state index contributed by atoms with van der Waals surface area (Å²) in [7, 11) is -12.6. The van der Waals surface area contributed by atoms with Crippen molar-refractivity contribution in [2.24, 2.45) is 0 Å². The highest BCUT2D eigenvalue weighted by molar-refractivity contribution is 7.90. The predicted octanol–water partition coefficient (Wildman–Crippen LogP) is 4.71. The lowest BCUT2D eigenvalue weighted by atomic mass is 9.93. The molecule has 0 N–H and O–H groups in total. The third kappa shape index (κ3) is 8.17. The van der Waals surface area contributed by atoms with E-state index in [0.717, 1.165) is 25.7 Å². The molecule has 14 nitrogen and oxygen atoms in total. The van der Waals surface area contributed by atoms with Gasteiger partial charge in [0.25, 0.3) is 0 Å². The molecule has 1 unspecified atom stereocenters. The van der Waals surface area contributed by atoms with Crippen LogP contribution >= 0.6 is 0 Å². The summed E-state index contributed by atoms with van der Waals surface area (Å²) in [6, 6.07) is 9.50. The second-order valence-electron chi connectivity index (χ2n) is 14.9. The number of ether oxygens (including phenoxy) is 5. The van der Waals surface area contributed by atoms with Gasteiger partial charge in [-0.1, -0.05) is 43.2 Å². The van der Waals surface area contributed by atoms with Gasteiger partial charge in [-0.25, -0.2) is 25.3 Å². The van der Waals surface area contributed by atoms with Crippen LogP contribution in [0.1, 0.15) is 44.9 Å². The Kier molecular flexibility index (Phi) is 12.4. The summed E-state index contributed by atoms with van der Waals surface area (Å²) in [4.78, 5) is -0.331. The van der Waals surface area contributed by atoms with Crippen molar-refractivity contribution >= 4 is 62.4 Å². The van der Waals surface area contributed by atoms with Crippen molar-refractivity contribution in [1.29, 1.82) is 0 Å². The number of rotatable bonds is 13. The van der Waals surface area contributed by atoms with Gasteiger partial charge in [0.15, 0.2) is 0 Å². The van der Waals surface area contributed by atoms with Crippen molar-refractivity contribution in [3.05, 3.63) is 48.6 Å². The molecule has 1 atom stereocenters. The van der Waals surface area contributed by atoms with Crippen LogP contribution in [0, 0.1) is 0 Å². The van der Waals surface area contributed by atoms with Gasteiger partial charge in [0, 0.05) is 84.3 Å². The second kappa shape index (κ2) is 17.3. The molecule has 3 fully saturated rings. The van der Waals surface area contributed by atoms with Gasteiger partial charge in [0.05, 0.1) is 67.0 Å². The van der Waals surface area contributed by atoms with E-state index in [2.05, 4.69) is 12.2 Å². The summed E-state index contributed by atoms with van der Waals surface area (Å²) in [6.45, 7) is 2.93. The van der Waals surface area contributed by atoms with E-state index in [4.69, 9.17) is 23.7 Å².